The fourth-order valence-electron chi connectivity index (χ4n) is 2.18. The number of allylic oxidation sites excluding steroid dienone is 2. The molecular formula is C14H15N. The second-order valence-corrected chi connectivity index (χ2v) is 4.13. The van der Waals surface area contributed by atoms with E-state index in [9.17, 15) is 0 Å². The van der Waals surface area contributed by atoms with Crippen LogP contribution in [0, 0.1) is 11.3 Å². The third kappa shape index (κ3) is 1.54. The van der Waals surface area contributed by atoms with Gasteiger partial charge in [0.05, 0.1) is 0 Å². The summed E-state index contributed by atoms with van der Waals surface area (Å²) in [5, 5.41) is 7.56. The Morgan fingerprint density at radius 1 is 1.20 bits per heavy atom. The summed E-state index contributed by atoms with van der Waals surface area (Å²) >= 11 is 0. The molecule has 1 aliphatic rings. The van der Waals surface area contributed by atoms with Crippen LogP contribution in [-0.2, 0) is 0 Å². The van der Waals surface area contributed by atoms with Crippen LogP contribution in [0.5, 0.6) is 0 Å². The molecule has 76 valence electrons. The van der Waals surface area contributed by atoms with E-state index in [1.54, 1.807) is 0 Å². The van der Waals surface area contributed by atoms with Crippen LogP contribution in [0.1, 0.15) is 24.5 Å². The van der Waals surface area contributed by atoms with Crippen LogP contribution >= 0.6 is 0 Å². The highest BCUT2D eigenvalue weighted by Crippen LogP contribution is 2.44. The molecule has 1 aromatic rings. The van der Waals surface area contributed by atoms with Gasteiger partial charge >= 0.3 is 0 Å². The number of fused-ring (bicyclic) bond motifs is 1. The molecule has 1 N–H and O–H groups in total. The first-order valence-corrected chi connectivity index (χ1v) is 5.12. The molecule has 0 atom stereocenters. The highest BCUT2D eigenvalue weighted by atomic mass is 14.4. The Balaban J connectivity index is 2.41. The molecule has 0 unspecified atom stereocenters. The Labute approximate surface area is 90.7 Å². The lowest BCUT2D eigenvalue weighted by Gasteiger charge is -2.11. The van der Waals surface area contributed by atoms with Gasteiger partial charge in [0.1, 0.15) is 0 Å². The topological polar surface area (TPSA) is 23.9 Å². The highest BCUT2D eigenvalue weighted by Gasteiger charge is 2.28. The van der Waals surface area contributed by atoms with Gasteiger partial charge in [0.2, 0.25) is 0 Å². The maximum Gasteiger partial charge on any atom is 0.0142 e. The molecule has 0 spiro atoms. The summed E-state index contributed by atoms with van der Waals surface area (Å²) in [5.74, 6) is 0.236. The summed E-state index contributed by atoms with van der Waals surface area (Å²) < 4.78 is 0. The smallest absolute Gasteiger partial charge is 0.0142 e. The molecular weight excluding hydrogens is 182 g/mol. The molecule has 0 saturated carbocycles. The molecule has 1 aliphatic carbocycles. The van der Waals surface area contributed by atoms with Crippen LogP contribution in [0.3, 0.4) is 0 Å². The Hall–Kier alpha value is -1.63. The Morgan fingerprint density at radius 3 is 2.07 bits per heavy atom. The van der Waals surface area contributed by atoms with Gasteiger partial charge in [-0.05, 0) is 35.6 Å². The molecule has 1 heteroatoms. The maximum atomic E-state index is 7.56. The summed E-state index contributed by atoms with van der Waals surface area (Å²) in [7, 11) is 0. The molecule has 1 nitrogen and oxygen atoms in total. The van der Waals surface area contributed by atoms with Gasteiger partial charge in [0.25, 0.3) is 0 Å². The van der Waals surface area contributed by atoms with Crippen molar-refractivity contribution < 1.29 is 0 Å². The molecule has 0 bridgehead atoms. The zero-order chi connectivity index (χ0) is 11.0. The third-order valence-electron chi connectivity index (χ3n) is 2.97. The van der Waals surface area contributed by atoms with Gasteiger partial charge in [0.15, 0.2) is 0 Å². The average Bonchev–Trinajstić information content (AvgIpc) is 2.44. The third-order valence-corrected chi connectivity index (χ3v) is 2.97. The number of benzene rings is 1. The van der Waals surface area contributed by atoms with E-state index in [1.165, 1.54) is 11.1 Å². The Morgan fingerprint density at radius 2 is 1.67 bits per heavy atom. The molecule has 0 heterocycles. The van der Waals surface area contributed by atoms with Crippen molar-refractivity contribution in [3.63, 3.8) is 0 Å². The van der Waals surface area contributed by atoms with Crippen LogP contribution in [0.2, 0.25) is 0 Å². The van der Waals surface area contributed by atoms with Crippen molar-refractivity contribution in [1.82, 2.24) is 0 Å². The van der Waals surface area contributed by atoms with E-state index in [2.05, 4.69) is 25.3 Å². The average molecular weight is 197 g/mol. The molecule has 1 aromatic carbocycles. The normalized spacial score (nSPS) is 15.5. The highest BCUT2D eigenvalue weighted by molar-refractivity contribution is 5.96. The lowest BCUT2D eigenvalue weighted by Crippen LogP contribution is -2.02. The van der Waals surface area contributed by atoms with Crippen molar-refractivity contribution in [3.05, 3.63) is 48.6 Å². The lowest BCUT2D eigenvalue weighted by atomic mass is 9.93. The zero-order valence-electron chi connectivity index (χ0n) is 9.01. The summed E-state index contributed by atoms with van der Waals surface area (Å²) in [5.41, 5.74) is 5.32. The molecule has 0 radical (unpaired) electrons. The number of hydrogen-bond donors (Lipinski definition) is 1. The van der Waals surface area contributed by atoms with Gasteiger partial charge in [-0.25, -0.2) is 0 Å². The second kappa shape index (κ2) is 3.50. The number of nitrogens with one attached hydrogen (secondary N) is 1. The second-order valence-electron chi connectivity index (χ2n) is 4.13. The molecule has 0 saturated heterocycles. The minimum atomic E-state index is 0.236. The summed E-state index contributed by atoms with van der Waals surface area (Å²) in [6, 6.07) is 8.22. The summed E-state index contributed by atoms with van der Waals surface area (Å²) in [6.45, 7) is 10.1. The monoisotopic (exact) mass is 197 g/mol. The Bertz CT molecular complexity index is 419. The minimum absolute atomic E-state index is 0.236. The number of hydrogen-bond acceptors (Lipinski definition) is 1. The van der Waals surface area contributed by atoms with Crippen LogP contribution in [0.4, 0.5) is 0 Å². The first kappa shape index (κ1) is 9.91. The minimum Gasteiger partial charge on any atom is -0.310 e. The van der Waals surface area contributed by atoms with Crippen molar-refractivity contribution >= 4 is 16.9 Å². The van der Waals surface area contributed by atoms with E-state index in [0.29, 0.717) is 5.71 Å². The standard InChI is InChI=1S/C14H15N/c1-9(15)8-14-10(2)12-6-4-5-7-13(12)11(14)3/h4-7,14-15H,2-3,8H2,1H3. The maximum absolute atomic E-state index is 7.56. The lowest BCUT2D eigenvalue weighted by molar-refractivity contribution is 0.923. The molecule has 2 rings (SSSR count). The first-order chi connectivity index (χ1) is 7.11. The van der Waals surface area contributed by atoms with Crippen LogP contribution in [0.15, 0.2) is 37.4 Å². The molecule has 0 amide bonds. The van der Waals surface area contributed by atoms with Crippen molar-refractivity contribution in [2.75, 3.05) is 0 Å². The first-order valence-electron chi connectivity index (χ1n) is 5.12. The van der Waals surface area contributed by atoms with E-state index in [-0.39, 0.29) is 5.92 Å². The van der Waals surface area contributed by atoms with Crippen LogP contribution in [-0.4, -0.2) is 5.71 Å². The van der Waals surface area contributed by atoms with Gasteiger partial charge in [-0.2, -0.15) is 0 Å². The van der Waals surface area contributed by atoms with E-state index in [4.69, 9.17) is 5.41 Å². The van der Waals surface area contributed by atoms with Gasteiger partial charge in [-0.15, -0.1) is 0 Å². The van der Waals surface area contributed by atoms with Gasteiger partial charge in [-0.1, -0.05) is 37.4 Å². The van der Waals surface area contributed by atoms with Crippen molar-refractivity contribution in [3.8, 4) is 0 Å². The summed E-state index contributed by atoms with van der Waals surface area (Å²) in [6.07, 6.45) is 0.742. The Kier molecular flexibility index (Phi) is 2.31. The van der Waals surface area contributed by atoms with Crippen molar-refractivity contribution in [2.45, 2.75) is 13.3 Å². The van der Waals surface area contributed by atoms with E-state index < -0.39 is 0 Å². The quantitative estimate of drug-likeness (QED) is 0.698. The predicted molar refractivity (Wildman–Crippen MR) is 66.0 cm³/mol. The molecule has 15 heavy (non-hydrogen) atoms. The van der Waals surface area contributed by atoms with Gasteiger partial charge in [0, 0.05) is 11.6 Å². The summed E-state index contributed by atoms with van der Waals surface area (Å²) in [4.78, 5) is 0. The largest absolute Gasteiger partial charge is 0.310 e. The van der Waals surface area contributed by atoms with E-state index >= 15 is 0 Å². The van der Waals surface area contributed by atoms with Gasteiger partial charge < -0.3 is 5.41 Å². The number of rotatable bonds is 2. The molecule has 0 aliphatic heterocycles. The fraction of sp³-hybridized carbons (Fsp3) is 0.214. The zero-order valence-corrected chi connectivity index (χ0v) is 9.01. The van der Waals surface area contributed by atoms with Crippen molar-refractivity contribution in [2.24, 2.45) is 5.92 Å². The van der Waals surface area contributed by atoms with Gasteiger partial charge in [-0.3, -0.25) is 0 Å². The van der Waals surface area contributed by atoms with Crippen molar-refractivity contribution in [1.29, 1.82) is 5.41 Å². The predicted octanol–water partition coefficient (Wildman–Crippen LogP) is 3.77. The van der Waals surface area contributed by atoms with Crippen LogP contribution in [0.25, 0.3) is 11.1 Å². The van der Waals surface area contributed by atoms with Crippen LogP contribution < -0.4 is 0 Å². The SMILES string of the molecule is C=C1c2ccccc2C(=C)C1CC(C)=N. The fourth-order valence-corrected chi connectivity index (χ4v) is 2.18. The van der Waals surface area contributed by atoms with E-state index in [1.807, 2.05) is 19.1 Å². The molecule has 0 fully saturated rings. The van der Waals surface area contributed by atoms with E-state index in [0.717, 1.165) is 17.6 Å². The molecule has 0 aromatic heterocycles.